The maximum atomic E-state index is 11.1. The molecule has 2 N–H and O–H groups in total. The van der Waals surface area contributed by atoms with E-state index in [1.54, 1.807) is 12.1 Å². The van der Waals surface area contributed by atoms with Crippen LogP contribution in [0.5, 0.6) is 0 Å². The monoisotopic (exact) mass is 274 g/mol. The average molecular weight is 274 g/mol. The molecule has 0 aliphatic heterocycles. The second kappa shape index (κ2) is 4.85. The highest BCUT2D eigenvalue weighted by atomic mass is 16.6. The third kappa shape index (κ3) is 2.03. The van der Waals surface area contributed by atoms with Crippen LogP contribution in [0.4, 0.5) is 5.69 Å². The first-order valence-electron chi connectivity index (χ1n) is 7.49. The molecule has 1 aromatic carbocycles. The zero-order valence-corrected chi connectivity index (χ0v) is 12.0. The minimum atomic E-state index is -0.283. The van der Waals surface area contributed by atoms with E-state index in [9.17, 15) is 10.1 Å². The fourth-order valence-corrected chi connectivity index (χ4v) is 4.54. The minimum absolute atomic E-state index is 0.183. The van der Waals surface area contributed by atoms with Crippen LogP contribution in [0.2, 0.25) is 0 Å². The molecule has 2 aliphatic rings. The van der Waals surface area contributed by atoms with Crippen molar-refractivity contribution in [2.24, 2.45) is 23.0 Å². The average Bonchev–Trinajstić information content (AvgIpc) is 3.01. The largest absolute Gasteiger partial charge is 0.330 e. The molecule has 1 aromatic rings. The van der Waals surface area contributed by atoms with Crippen LogP contribution in [-0.4, -0.2) is 11.5 Å². The first-order chi connectivity index (χ1) is 9.55. The Labute approximate surface area is 119 Å². The van der Waals surface area contributed by atoms with E-state index in [0.29, 0.717) is 6.54 Å². The molecule has 0 spiro atoms. The fraction of sp³-hybridized carbons (Fsp3) is 0.625. The third-order valence-corrected chi connectivity index (χ3v) is 5.67. The molecule has 3 rings (SSSR count). The standard InChI is InChI=1S/C16H22N2O2/c1-11-13(3-2-4-15(11)18(19)20)9-16(10-17)8-12-5-6-14(16)7-12/h2-4,12,14H,5-10,17H2,1H3. The summed E-state index contributed by atoms with van der Waals surface area (Å²) in [6, 6.07) is 5.43. The maximum absolute atomic E-state index is 11.1. The van der Waals surface area contributed by atoms with Gasteiger partial charge in [-0.15, -0.1) is 0 Å². The van der Waals surface area contributed by atoms with Gasteiger partial charge in [-0.05, 0) is 62.0 Å². The van der Waals surface area contributed by atoms with Crippen molar-refractivity contribution in [3.63, 3.8) is 0 Å². The van der Waals surface area contributed by atoms with Gasteiger partial charge in [-0.3, -0.25) is 10.1 Å². The summed E-state index contributed by atoms with van der Waals surface area (Å²) in [5, 5.41) is 11.1. The summed E-state index contributed by atoms with van der Waals surface area (Å²) < 4.78 is 0. The highest BCUT2D eigenvalue weighted by Crippen LogP contribution is 2.57. The smallest absolute Gasteiger partial charge is 0.272 e. The van der Waals surface area contributed by atoms with Gasteiger partial charge in [-0.25, -0.2) is 0 Å². The molecule has 0 amide bonds. The van der Waals surface area contributed by atoms with Gasteiger partial charge in [-0.1, -0.05) is 18.6 Å². The van der Waals surface area contributed by atoms with Gasteiger partial charge in [0, 0.05) is 11.6 Å². The quantitative estimate of drug-likeness (QED) is 0.677. The Balaban J connectivity index is 1.91. The molecule has 2 fully saturated rings. The number of benzene rings is 1. The van der Waals surface area contributed by atoms with E-state index in [1.165, 1.54) is 25.7 Å². The van der Waals surface area contributed by atoms with Gasteiger partial charge in [-0.2, -0.15) is 0 Å². The molecule has 2 aliphatic carbocycles. The van der Waals surface area contributed by atoms with E-state index in [1.807, 2.05) is 13.0 Å². The summed E-state index contributed by atoms with van der Waals surface area (Å²) in [6.45, 7) is 2.57. The summed E-state index contributed by atoms with van der Waals surface area (Å²) in [6.07, 6.45) is 6.05. The van der Waals surface area contributed by atoms with Crippen LogP contribution in [0.15, 0.2) is 18.2 Å². The van der Waals surface area contributed by atoms with Crippen molar-refractivity contribution in [3.05, 3.63) is 39.4 Å². The van der Waals surface area contributed by atoms with E-state index in [2.05, 4.69) is 0 Å². The molecule has 4 heteroatoms. The van der Waals surface area contributed by atoms with Crippen LogP contribution in [0, 0.1) is 34.3 Å². The van der Waals surface area contributed by atoms with Crippen LogP contribution in [0.25, 0.3) is 0 Å². The lowest BCUT2D eigenvalue weighted by Gasteiger charge is -2.37. The summed E-state index contributed by atoms with van der Waals surface area (Å²) in [5.74, 6) is 1.55. The Morgan fingerprint density at radius 3 is 2.80 bits per heavy atom. The number of nitro groups is 1. The zero-order valence-electron chi connectivity index (χ0n) is 12.0. The second-order valence-electron chi connectivity index (χ2n) is 6.64. The number of nitrogens with zero attached hydrogens (tertiary/aromatic N) is 1. The van der Waals surface area contributed by atoms with Crippen LogP contribution >= 0.6 is 0 Å². The van der Waals surface area contributed by atoms with Crippen molar-refractivity contribution < 1.29 is 4.92 Å². The van der Waals surface area contributed by atoms with Gasteiger partial charge in [0.15, 0.2) is 0 Å². The molecule has 0 radical (unpaired) electrons. The van der Waals surface area contributed by atoms with E-state index in [-0.39, 0.29) is 16.0 Å². The molecule has 2 saturated carbocycles. The van der Waals surface area contributed by atoms with Gasteiger partial charge in [0.25, 0.3) is 5.69 Å². The highest BCUT2D eigenvalue weighted by Gasteiger charge is 2.50. The molecular formula is C16H22N2O2. The van der Waals surface area contributed by atoms with Crippen molar-refractivity contribution in [1.29, 1.82) is 0 Å². The number of nitrogens with two attached hydrogens (primary N) is 1. The molecule has 0 saturated heterocycles. The Morgan fingerprint density at radius 1 is 1.45 bits per heavy atom. The fourth-order valence-electron chi connectivity index (χ4n) is 4.54. The van der Waals surface area contributed by atoms with E-state index < -0.39 is 0 Å². The van der Waals surface area contributed by atoms with Crippen LogP contribution < -0.4 is 5.73 Å². The summed E-state index contributed by atoms with van der Waals surface area (Å²) in [4.78, 5) is 10.8. The predicted molar refractivity (Wildman–Crippen MR) is 78.5 cm³/mol. The highest BCUT2D eigenvalue weighted by molar-refractivity contribution is 5.45. The molecule has 20 heavy (non-hydrogen) atoms. The van der Waals surface area contributed by atoms with E-state index >= 15 is 0 Å². The lowest BCUT2D eigenvalue weighted by atomic mass is 9.69. The lowest BCUT2D eigenvalue weighted by molar-refractivity contribution is -0.385. The van der Waals surface area contributed by atoms with E-state index in [4.69, 9.17) is 5.73 Å². The molecular weight excluding hydrogens is 252 g/mol. The van der Waals surface area contributed by atoms with Crippen molar-refractivity contribution in [2.45, 2.75) is 39.0 Å². The van der Waals surface area contributed by atoms with Crippen molar-refractivity contribution in [1.82, 2.24) is 0 Å². The molecule has 2 bridgehead atoms. The molecule has 3 unspecified atom stereocenters. The van der Waals surface area contributed by atoms with Gasteiger partial charge >= 0.3 is 0 Å². The Bertz CT molecular complexity index is 543. The Morgan fingerprint density at radius 2 is 2.25 bits per heavy atom. The normalized spacial score (nSPS) is 31.7. The summed E-state index contributed by atoms with van der Waals surface area (Å²) in [7, 11) is 0. The van der Waals surface area contributed by atoms with Crippen LogP contribution in [0.1, 0.15) is 36.8 Å². The number of fused-ring (bicyclic) bond motifs is 2. The number of rotatable bonds is 4. The first kappa shape index (κ1) is 13.6. The number of nitro benzene ring substituents is 1. The Hall–Kier alpha value is -1.42. The summed E-state index contributed by atoms with van der Waals surface area (Å²) >= 11 is 0. The van der Waals surface area contributed by atoms with Crippen LogP contribution in [-0.2, 0) is 6.42 Å². The van der Waals surface area contributed by atoms with Crippen molar-refractivity contribution in [2.75, 3.05) is 6.54 Å². The topological polar surface area (TPSA) is 69.2 Å². The Kier molecular flexibility index (Phi) is 3.28. The molecule has 108 valence electrons. The third-order valence-electron chi connectivity index (χ3n) is 5.67. The van der Waals surface area contributed by atoms with Gasteiger partial charge in [0.05, 0.1) is 4.92 Å². The van der Waals surface area contributed by atoms with Gasteiger partial charge in [0.1, 0.15) is 0 Å². The number of hydrogen-bond donors (Lipinski definition) is 1. The van der Waals surface area contributed by atoms with Crippen molar-refractivity contribution in [3.8, 4) is 0 Å². The molecule has 0 heterocycles. The molecule has 4 nitrogen and oxygen atoms in total. The lowest BCUT2D eigenvalue weighted by Crippen LogP contribution is -2.38. The second-order valence-corrected chi connectivity index (χ2v) is 6.64. The minimum Gasteiger partial charge on any atom is -0.330 e. The molecule has 0 aromatic heterocycles. The predicted octanol–water partition coefficient (Wildman–Crippen LogP) is 3.21. The van der Waals surface area contributed by atoms with Gasteiger partial charge in [0.2, 0.25) is 0 Å². The van der Waals surface area contributed by atoms with Gasteiger partial charge < -0.3 is 5.73 Å². The van der Waals surface area contributed by atoms with Crippen molar-refractivity contribution >= 4 is 5.69 Å². The van der Waals surface area contributed by atoms with Crippen LogP contribution in [0.3, 0.4) is 0 Å². The zero-order chi connectivity index (χ0) is 14.3. The number of hydrogen-bond acceptors (Lipinski definition) is 3. The van der Waals surface area contributed by atoms with E-state index in [0.717, 1.165) is 29.4 Å². The first-order valence-corrected chi connectivity index (χ1v) is 7.49. The summed E-state index contributed by atoms with van der Waals surface area (Å²) in [5.41, 5.74) is 8.46. The SMILES string of the molecule is Cc1c(CC2(CN)CC3CCC2C3)cccc1[N+](=O)[O-]. The molecule has 3 atom stereocenters. The maximum Gasteiger partial charge on any atom is 0.272 e.